The summed E-state index contributed by atoms with van der Waals surface area (Å²) < 4.78 is 10.8. The number of rotatable bonds is 5. The topological polar surface area (TPSA) is 136 Å². The summed E-state index contributed by atoms with van der Waals surface area (Å²) in [6, 6.07) is 14.5. The molecule has 1 aliphatic heterocycles. The van der Waals surface area contributed by atoms with Crippen molar-refractivity contribution in [3.05, 3.63) is 89.5 Å². The molecule has 1 atom stereocenters. The Morgan fingerprint density at radius 2 is 1.60 bits per heavy atom. The highest BCUT2D eigenvalue weighted by Crippen LogP contribution is 2.25. The third-order valence-electron chi connectivity index (χ3n) is 7.30. The lowest BCUT2D eigenvalue weighted by Gasteiger charge is -2.27. The zero-order valence-corrected chi connectivity index (χ0v) is 28.1. The number of hydrogen-bond donors (Lipinski definition) is 2. The average Bonchev–Trinajstić information content (AvgIpc) is 3.50. The summed E-state index contributed by atoms with van der Waals surface area (Å²) in [5, 5.41) is 0.537. The lowest BCUT2D eigenvalue weighted by Crippen LogP contribution is -2.44. The Morgan fingerprint density at radius 1 is 0.896 bits per heavy atom. The van der Waals surface area contributed by atoms with Crippen LogP contribution in [0.15, 0.2) is 67.1 Å². The molecule has 3 aromatic heterocycles. The fourth-order valence-electron chi connectivity index (χ4n) is 5.20. The molecule has 1 fully saturated rings. The maximum Gasteiger partial charge on any atom is 0.426 e. The number of carbonyl (C=O) groups is 3. The minimum atomic E-state index is -0.772. The van der Waals surface area contributed by atoms with Crippen LogP contribution in [0, 0.1) is 11.8 Å². The van der Waals surface area contributed by atoms with E-state index in [1.165, 1.54) is 0 Å². The molecular weight excluding hydrogens is 608 g/mol. The number of carbonyl (C=O) groups excluding carboxylic acids is 3. The SMILES string of the molecule is CC(C)(C)OC(=O)NNC(=O)c1cc(-c2ccc(C#Cc3ccc(CN4CCC[C@@H]4C(=O)OC(C)(C)C)nc3)cc2)nc2ccncc12. The van der Waals surface area contributed by atoms with Crippen LogP contribution in [-0.2, 0) is 20.8 Å². The Morgan fingerprint density at radius 3 is 2.29 bits per heavy atom. The summed E-state index contributed by atoms with van der Waals surface area (Å²) in [5.41, 5.74) is 8.13. The summed E-state index contributed by atoms with van der Waals surface area (Å²) in [7, 11) is 0. The monoisotopic (exact) mass is 648 g/mol. The molecule has 1 aromatic carbocycles. The van der Waals surface area contributed by atoms with Crippen LogP contribution < -0.4 is 10.9 Å². The van der Waals surface area contributed by atoms with Crippen molar-refractivity contribution >= 4 is 28.9 Å². The highest BCUT2D eigenvalue weighted by molar-refractivity contribution is 6.07. The highest BCUT2D eigenvalue weighted by Gasteiger charge is 2.34. The van der Waals surface area contributed by atoms with E-state index in [1.54, 1.807) is 51.5 Å². The first-order valence-electron chi connectivity index (χ1n) is 15.8. The van der Waals surface area contributed by atoms with E-state index >= 15 is 0 Å². The number of pyridine rings is 3. The molecule has 0 bridgehead atoms. The van der Waals surface area contributed by atoms with Gasteiger partial charge in [0.25, 0.3) is 5.91 Å². The molecule has 5 rings (SSSR count). The van der Waals surface area contributed by atoms with Gasteiger partial charge >= 0.3 is 12.1 Å². The van der Waals surface area contributed by atoms with Gasteiger partial charge in [-0.25, -0.2) is 15.2 Å². The lowest BCUT2D eigenvalue weighted by molar-refractivity contribution is -0.160. The molecule has 2 N–H and O–H groups in total. The summed E-state index contributed by atoms with van der Waals surface area (Å²) in [5.74, 6) is 5.62. The maximum atomic E-state index is 13.1. The quantitative estimate of drug-likeness (QED) is 0.162. The number of hydrogen-bond acceptors (Lipinski definition) is 9. The lowest BCUT2D eigenvalue weighted by atomic mass is 10.0. The van der Waals surface area contributed by atoms with Crippen molar-refractivity contribution in [2.24, 2.45) is 0 Å². The van der Waals surface area contributed by atoms with Crippen molar-refractivity contribution in [3.63, 3.8) is 0 Å². The standard InChI is InChI=1S/C37H40N6O5/c1-36(2,3)47-34(45)32-8-7-19-43(32)23-27-16-13-25(21-39-27)10-9-24-11-14-26(15-12-24)31-20-28(29-22-38-18-17-30(29)40-31)33(44)41-42-35(46)48-37(4,5)6/h11-18,20-22,32H,7-8,19,23H2,1-6H3,(H,41,44)(H,42,46)/t32-/m1/s1. The first-order chi connectivity index (χ1) is 22.7. The number of hydrazine groups is 1. The van der Waals surface area contributed by atoms with Crippen LogP contribution in [0.5, 0.6) is 0 Å². The molecule has 0 aliphatic carbocycles. The molecule has 248 valence electrons. The van der Waals surface area contributed by atoms with Crippen molar-refractivity contribution in [2.45, 2.75) is 78.2 Å². The first-order valence-corrected chi connectivity index (χ1v) is 15.8. The Bertz CT molecular complexity index is 1870. The third-order valence-corrected chi connectivity index (χ3v) is 7.30. The van der Waals surface area contributed by atoms with Gasteiger partial charge in [0.2, 0.25) is 0 Å². The number of amides is 2. The second-order valence-corrected chi connectivity index (χ2v) is 13.6. The Balaban J connectivity index is 1.25. The average molecular weight is 649 g/mol. The molecule has 48 heavy (non-hydrogen) atoms. The Kier molecular flexibility index (Phi) is 10.1. The number of fused-ring (bicyclic) bond motifs is 1. The van der Waals surface area contributed by atoms with E-state index in [0.29, 0.717) is 28.7 Å². The predicted octanol–water partition coefficient (Wildman–Crippen LogP) is 5.57. The normalized spacial score (nSPS) is 14.9. The van der Waals surface area contributed by atoms with Crippen LogP contribution in [0.4, 0.5) is 4.79 Å². The van der Waals surface area contributed by atoms with Gasteiger partial charge in [0.15, 0.2) is 0 Å². The van der Waals surface area contributed by atoms with Crippen molar-refractivity contribution < 1.29 is 23.9 Å². The van der Waals surface area contributed by atoms with E-state index in [2.05, 4.69) is 37.6 Å². The molecule has 0 saturated carbocycles. The van der Waals surface area contributed by atoms with Crippen molar-refractivity contribution in [1.82, 2.24) is 30.7 Å². The van der Waals surface area contributed by atoms with Gasteiger partial charge in [0.1, 0.15) is 17.2 Å². The number of nitrogens with zero attached hydrogens (tertiary/aromatic N) is 4. The summed E-state index contributed by atoms with van der Waals surface area (Å²) in [6.45, 7) is 12.2. The Hall–Kier alpha value is -5.34. The van der Waals surface area contributed by atoms with Gasteiger partial charge in [-0.1, -0.05) is 24.0 Å². The largest absolute Gasteiger partial charge is 0.459 e. The molecule has 4 aromatic rings. The molecule has 4 heterocycles. The molecule has 11 heteroatoms. The maximum absolute atomic E-state index is 13.1. The number of aromatic nitrogens is 3. The number of likely N-dealkylation sites (tertiary alicyclic amines) is 1. The van der Waals surface area contributed by atoms with Crippen LogP contribution in [0.25, 0.3) is 22.2 Å². The predicted molar refractivity (Wildman–Crippen MR) is 181 cm³/mol. The highest BCUT2D eigenvalue weighted by atomic mass is 16.6. The van der Waals surface area contributed by atoms with Gasteiger partial charge in [-0.05, 0) is 97.3 Å². The van der Waals surface area contributed by atoms with Gasteiger partial charge in [0, 0.05) is 47.2 Å². The number of benzene rings is 1. The summed E-state index contributed by atoms with van der Waals surface area (Å²) in [6.07, 6.45) is 5.87. The minimum Gasteiger partial charge on any atom is -0.459 e. The zero-order valence-electron chi connectivity index (χ0n) is 28.1. The molecular formula is C37H40N6O5. The molecule has 2 amide bonds. The molecule has 11 nitrogen and oxygen atoms in total. The van der Waals surface area contributed by atoms with Crippen LogP contribution in [0.3, 0.4) is 0 Å². The van der Waals surface area contributed by atoms with Gasteiger partial charge in [-0.3, -0.25) is 29.9 Å². The second-order valence-electron chi connectivity index (χ2n) is 13.6. The number of esters is 1. The second kappa shape index (κ2) is 14.2. The van der Waals surface area contributed by atoms with Gasteiger partial charge < -0.3 is 9.47 Å². The van der Waals surface area contributed by atoms with Crippen molar-refractivity contribution in [1.29, 1.82) is 0 Å². The number of nitrogens with one attached hydrogen (secondary N) is 2. The van der Waals surface area contributed by atoms with E-state index in [9.17, 15) is 14.4 Å². The van der Waals surface area contributed by atoms with E-state index in [-0.39, 0.29) is 12.0 Å². The van der Waals surface area contributed by atoms with Crippen molar-refractivity contribution in [3.8, 4) is 23.1 Å². The molecule has 1 saturated heterocycles. The molecule has 0 spiro atoms. The smallest absolute Gasteiger partial charge is 0.426 e. The minimum absolute atomic E-state index is 0.180. The zero-order chi connectivity index (χ0) is 34.5. The van der Waals surface area contributed by atoms with E-state index in [1.807, 2.05) is 57.2 Å². The fourth-order valence-corrected chi connectivity index (χ4v) is 5.20. The van der Waals surface area contributed by atoms with E-state index in [0.717, 1.165) is 41.8 Å². The van der Waals surface area contributed by atoms with Gasteiger partial charge in [-0.15, -0.1) is 0 Å². The summed E-state index contributed by atoms with van der Waals surface area (Å²) >= 11 is 0. The van der Waals surface area contributed by atoms with Gasteiger partial charge in [-0.2, -0.15) is 0 Å². The fraction of sp³-hybridized carbons (Fsp3) is 0.351. The molecule has 1 aliphatic rings. The Labute approximate surface area is 280 Å². The molecule has 0 radical (unpaired) electrons. The van der Waals surface area contributed by atoms with Crippen LogP contribution >= 0.6 is 0 Å². The van der Waals surface area contributed by atoms with Gasteiger partial charge in [0.05, 0.1) is 22.5 Å². The third kappa shape index (κ3) is 9.14. The van der Waals surface area contributed by atoms with Crippen LogP contribution in [-0.4, -0.2) is 61.6 Å². The van der Waals surface area contributed by atoms with Crippen molar-refractivity contribution in [2.75, 3.05) is 6.54 Å². The number of ether oxygens (including phenoxy) is 2. The van der Waals surface area contributed by atoms with E-state index < -0.39 is 23.2 Å². The van der Waals surface area contributed by atoms with Crippen LogP contribution in [0.2, 0.25) is 0 Å². The molecule has 0 unspecified atom stereocenters. The summed E-state index contributed by atoms with van der Waals surface area (Å²) in [4.78, 5) is 53.4. The van der Waals surface area contributed by atoms with E-state index in [4.69, 9.17) is 14.5 Å². The first kappa shape index (κ1) is 34.0. The van der Waals surface area contributed by atoms with Crippen LogP contribution in [0.1, 0.15) is 81.6 Å².